The van der Waals surface area contributed by atoms with Crippen LogP contribution in [0.15, 0.2) is 29.8 Å². The Kier molecular flexibility index (Phi) is 4.05. The van der Waals surface area contributed by atoms with Crippen molar-refractivity contribution in [2.75, 3.05) is 13.2 Å². The number of carbonyl (C=O) groups is 1. The van der Waals surface area contributed by atoms with Gasteiger partial charge in [0.2, 0.25) is 6.29 Å². The number of hydrogen-bond donors (Lipinski definition) is 1. The van der Waals surface area contributed by atoms with Crippen LogP contribution in [-0.2, 0) is 14.3 Å². The van der Waals surface area contributed by atoms with E-state index in [-0.39, 0.29) is 12.0 Å². The number of nitrogens with zero attached hydrogens (tertiary/aromatic N) is 1. The zero-order valence-corrected chi connectivity index (χ0v) is 8.31. The Hall–Kier alpha value is -1.62. The minimum Gasteiger partial charge on any atom is -0.479 e. The number of aliphatic imine (C=N–C) groups is 1. The van der Waals surface area contributed by atoms with Crippen LogP contribution in [0.4, 0.5) is 0 Å². The number of aliphatic hydroxyl groups excluding tert-OH is 1. The lowest BCUT2D eigenvalue weighted by Gasteiger charge is -2.09. The summed E-state index contributed by atoms with van der Waals surface area (Å²) in [5.41, 5.74) is 0.191. The van der Waals surface area contributed by atoms with Gasteiger partial charge in [0.1, 0.15) is 6.61 Å². The van der Waals surface area contributed by atoms with Crippen LogP contribution in [-0.4, -0.2) is 36.4 Å². The van der Waals surface area contributed by atoms with Crippen molar-refractivity contribution in [3.8, 4) is 0 Å². The normalized spacial score (nSPS) is 16.2. The summed E-state index contributed by atoms with van der Waals surface area (Å²) in [6.45, 7) is 7.93. The van der Waals surface area contributed by atoms with Crippen LogP contribution in [0, 0.1) is 0 Å². The molecule has 1 unspecified atom stereocenters. The molecule has 0 saturated heterocycles. The van der Waals surface area contributed by atoms with Crippen LogP contribution in [0.3, 0.4) is 0 Å². The molecule has 0 bridgehead atoms. The molecule has 0 aromatic heterocycles. The molecule has 1 atom stereocenters. The predicted octanol–water partition coefficient (Wildman–Crippen LogP) is 0.409. The van der Waals surface area contributed by atoms with E-state index in [1.54, 1.807) is 0 Å². The second-order valence-electron chi connectivity index (χ2n) is 2.94. The Labute approximate surface area is 87.7 Å². The summed E-state index contributed by atoms with van der Waals surface area (Å²) in [5, 5.41) is 8.97. The van der Waals surface area contributed by atoms with Gasteiger partial charge in [-0.05, 0) is 6.08 Å². The van der Waals surface area contributed by atoms with E-state index in [0.717, 1.165) is 6.08 Å². The fraction of sp³-hybridized carbons (Fsp3) is 0.400. The summed E-state index contributed by atoms with van der Waals surface area (Å²) in [7, 11) is 0. The quantitative estimate of drug-likeness (QED) is 0.309. The van der Waals surface area contributed by atoms with Gasteiger partial charge < -0.3 is 14.6 Å². The molecule has 0 aromatic carbocycles. The number of carbonyl (C=O) groups excluding carboxylic acids is 1. The number of rotatable bonds is 5. The molecule has 0 spiro atoms. The van der Waals surface area contributed by atoms with Gasteiger partial charge in [-0.25, -0.2) is 4.79 Å². The molecule has 15 heavy (non-hydrogen) atoms. The highest BCUT2D eigenvalue weighted by molar-refractivity contribution is 5.95. The van der Waals surface area contributed by atoms with Crippen molar-refractivity contribution < 1.29 is 19.4 Å². The van der Waals surface area contributed by atoms with E-state index in [2.05, 4.69) is 22.9 Å². The van der Waals surface area contributed by atoms with E-state index in [1.165, 1.54) is 0 Å². The largest absolute Gasteiger partial charge is 0.479 e. The molecule has 5 heteroatoms. The first-order valence-corrected chi connectivity index (χ1v) is 4.49. The van der Waals surface area contributed by atoms with Crippen LogP contribution >= 0.6 is 0 Å². The first-order chi connectivity index (χ1) is 7.13. The number of hydrogen-bond acceptors (Lipinski definition) is 5. The average Bonchev–Trinajstić information content (AvgIpc) is 2.70. The van der Waals surface area contributed by atoms with E-state index in [1.807, 2.05) is 0 Å². The second-order valence-corrected chi connectivity index (χ2v) is 2.94. The first-order valence-electron chi connectivity index (χ1n) is 4.49. The van der Waals surface area contributed by atoms with E-state index in [4.69, 9.17) is 9.84 Å². The number of ether oxygens (including phenoxy) is 2. The van der Waals surface area contributed by atoms with E-state index in [0.29, 0.717) is 19.0 Å². The van der Waals surface area contributed by atoms with Gasteiger partial charge in [-0.1, -0.05) is 13.2 Å². The molecule has 1 aliphatic heterocycles. The zero-order valence-electron chi connectivity index (χ0n) is 8.31. The lowest BCUT2D eigenvalue weighted by atomic mass is 10.2. The molecule has 0 fully saturated rings. The fourth-order valence-electron chi connectivity index (χ4n) is 0.982. The molecule has 1 aliphatic rings. The van der Waals surface area contributed by atoms with E-state index < -0.39 is 12.3 Å². The Morgan fingerprint density at radius 1 is 1.80 bits per heavy atom. The van der Waals surface area contributed by atoms with Gasteiger partial charge in [0, 0.05) is 5.57 Å². The minimum atomic E-state index is -1.30. The Balaban J connectivity index is 2.39. The summed E-state index contributed by atoms with van der Waals surface area (Å²) in [5.74, 6) is -0.203. The van der Waals surface area contributed by atoms with Gasteiger partial charge in [0.25, 0.3) is 0 Å². The molecule has 82 valence electrons. The molecule has 1 N–H and O–H groups in total. The van der Waals surface area contributed by atoms with Crippen molar-refractivity contribution in [3.05, 3.63) is 24.8 Å². The fourth-order valence-corrected chi connectivity index (χ4v) is 0.982. The first kappa shape index (κ1) is 11.5. The summed E-state index contributed by atoms with van der Waals surface area (Å²) in [6, 6.07) is 0. The Morgan fingerprint density at radius 3 is 3.07 bits per heavy atom. The van der Waals surface area contributed by atoms with Gasteiger partial charge in [0.15, 0.2) is 5.90 Å². The number of aliphatic hydroxyl groups is 1. The zero-order chi connectivity index (χ0) is 11.3. The predicted molar refractivity (Wildman–Crippen MR) is 54.3 cm³/mol. The highest BCUT2D eigenvalue weighted by atomic mass is 16.6. The number of esters is 1. The van der Waals surface area contributed by atoms with Gasteiger partial charge in [-0.15, -0.1) is 0 Å². The molecule has 0 aliphatic carbocycles. The maximum absolute atomic E-state index is 11.3. The van der Waals surface area contributed by atoms with Gasteiger partial charge >= 0.3 is 5.97 Å². The smallest absolute Gasteiger partial charge is 0.336 e. The van der Waals surface area contributed by atoms with E-state index in [9.17, 15) is 4.79 Å². The summed E-state index contributed by atoms with van der Waals surface area (Å²) < 4.78 is 9.66. The maximum Gasteiger partial charge on any atom is 0.336 e. The molecule has 1 rings (SSSR count). The standard InChI is InChI=1S/C10H13NO4/c1-3-9(12)15-10(13)7(2)6-8-11-4-5-14-8/h3,9,12H,1-2,4-6H2. The minimum absolute atomic E-state index is 0.191. The lowest BCUT2D eigenvalue weighted by Crippen LogP contribution is -2.17. The summed E-state index contributed by atoms with van der Waals surface area (Å²) in [6.07, 6.45) is 0.0120. The molecule has 5 nitrogen and oxygen atoms in total. The van der Waals surface area contributed by atoms with Crippen molar-refractivity contribution >= 4 is 11.9 Å². The van der Waals surface area contributed by atoms with Gasteiger partial charge in [-0.3, -0.25) is 4.99 Å². The summed E-state index contributed by atoms with van der Waals surface area (Å²) >= 11 is 0. The van der Waals surface area contributed by atoms with Crippen LogP contribution in [0.2, 0.25) is 0 Å². The average molecular weight is 211 g/mol. The van der Waals surface area contributed by atoms with Crippen molar-refractivity contribution in [1.29, 1.82) is 0 Å². The Morgan fingerprint density at radius 2 is 2.53 bits per heavy atom. The molecule has 0 amide bonds. The lowest BCUT2D eigenvalue weighted by molar-refractivity contribution is -0.155. The van der Waals surface area contributed by atoms with Gasteiger partial charge in [-0.2, -0.15) is 0 Å². The van der Waals surface area contributed by atoms with Crippen LogP contribution in [0.25, 0.3) is 0 Å². The SMILES string of the molecule is C=CC(O)OC(=O)C(=C)CC1=NCCO1. The van der Waals surface area contributed by atoms with Crippen LogP contribution < -0.4 is 0 Å². The monoisotopic (exact) mass is 211 g/mol. The molecule has 0 aromatic rings. The Bertz CT molecular complexity index is 309. The third-order valence-corrected chi connectivity index (χ3v) is 1.73. The highest BCUT2D eigenvalue weighted by Gasteiger charge is 2.16. The molecule has 0 radical (unpaired) electrons. The second kappa shape index (κ2) is 5.31. The third-order valence-electron chi connectivity index (χ3n) is 1.73. The third kappa shape index (κ3) is 3.55. The van der Waals surface area contributed by atoms with Crippen LogP contribution in [0.1, 0.15) is 6.42 Å². The highest BCUT2D eigenvalue weighted by Crippen LogP contribution is 2.08. The van der Waals surface area contributed by atoms with Crippen molar-refractivity contribution in [2.24, 2.45) is 4.99 Å². The topological polar surface area (TPSA) is 68.1 Å². The van der Waals surface area contributed by atoms with E-state index >= 15 is 0 Å². The molecule has 0 saturated carbocycles. The van der Waals surface area contributed by atoms with Gasteiger partial charge in [0.05, 0.1) is 13.0 Å². The molecule has 1 heterocycles. The van der Waals surface area contributed by atoms with Crippen LogP contribution in [0.5, 0.6) is 0 Å². The molecular weight excluding hydrogens is 198 g/mol. The van der Waals surface area contributed by atoms with Crippen molar-refractivity contribution in [3.63, 3.8) is 0 Å². The van der Waals surface area contributed by atoms with Crippen molar-refractivity contribution in [2.45, 2.75) is 12.7 Å². The van der Waals surface area contributed by atoms with Crippen molar-refractivity contribution in [1.82, 2.24) is 0 Å². The maximum atomic E-state index is 11.3. The summed E-state index contributed by atoms with van der Waals surface area (Å²) in [4.78, 5) is 15.3. The molecular formula is C10H13NO4.